The van der Waals surface area contributed by atoms with E-state index in [1.807, 2.05) is 6.07 Å². The lowest BCUT2D eigenvalue weighted by molar-refractivity contribution is -0.129. The van der Waals surface area contributed by atoms with Gasteiger partial charge in [0, 0.05) is 29.5 Å². The third-order valence-corrected chi connectivity index (χ3v) is 4.12. The molecule has 3 rings (SSSR count). The van der Waals surface area contributed by atoms with Crippen LogP contribution in [-0.2, 0) is 4.79 Å². The lowest BCUT2D eigenvalue weighted by atomic mass is 10.2. The first-order valence-corrected chi connectivity index (χ1v) is 7.71. The van der Waals surface area contributed by atoms with Crippen molar-refractivity contribution in [3.8, 4) is 0 Å². The fraction of sp³-hybridized carbons (Fsp3) is 0.375. The molecular formula is C16H18ClN3O2. The van der Waals surface area contributed by atoms with Gasteiger partial charge in [0.15, 0.2) is 0 Å². The summed E-state index contributed by atoms with van der Waals surface area (Å²) in [5.74, 6) is 0.281. The van der Waals surface area contributed by atoms with Crippen LogP contribution in [0.15, 0.2) is 24.3 Å². The quantitative estimate of drug-likeness (QED) is 0.889. The average Bonchev–Trinajstić information content (AvgIpc) is 3.20. The predicted octanol–water partition coefficient (Wildman–Crippen LogP) is 2.42. The van der Waals surface area contributed by atoms with Crippen LogP contribution >= 0.6 is 11.6 Å². The summed E-state index contributed by atoms with van der Waals surface area (Å²) in [6.45, 7) is 0.789. The maximum Gasteiger partial charge on any atom is 0.268 e. The molecule has 116 valence electrons. The Morgan fingerprint density at radius 1 is 1.36 bits per heavy atom. The SMILES string of the molecule is CN(CC1CC1)C(=O)CNC(=O)c1cc2cc(Cl)ccc2[nH]1. The second-order valence-electron chi connectivity index (χ2n) is 5.81. The van der Waals surface area contributed by atoms with Crippen molar-refractivity contribution >= 4 is 34.3 Å². The molecule has 1 aromatic carbocycles. The first-order valence-electron chi connectivity index (χ1n) is 7.33. The van der Waals surface area contributed by atoms with Crippen LogP contribution in [0.5, 0.6) is 0 Å². The van der Waals surface area contributed by atoms with Crippen LogP contribution in [0.3, 0.4) is 0 Å². The molecule has 1 aliphatic carbocycles. The lowest BCUT2D eigenvalue weighted by Crippen LogP contribution is -2.39. The fourth-order valence-electron chi connectivity index (χ4n) is 2.40. The fourth-order valence-corrected chi connectivity index (χ4v) is 2.58. The minimum absolute atomic E-state index is 0.0121. The summed E-state index contributed by atoms with van der Waals surface area (Å²) in [6.07, 6.45) is 2.39. The molecule has 1 heterocycles. The van der Waals surface area contributed by atoms with Crippen molar-refractivity contribution in [1.82, 2.24) is 15.2 Å². The lowest BCUT2D eigenvalue weighted by Gasteiger charge is -2.16. The van der Waals surface area contributed by atoms with Gasteiger partial charge in [-0.05, 0) is 43.0 Å². The number of rotatable bonds is 5. The van der Waals surface area contributed by atoms with E-state index in [4.69, 9.17) is 11.6 Å². The third kappa shape index (κ3) is 3.42. The molecule has 1 fully saturated rings. The standard InChI is InChI=1S/C16H18ClN3O2/c1-20(9-10-2-3-10)15(21)8-18-16(22)14-7-11-6-12(17)4-5-13(11)19-14/h4-7,10,19H,2-3,8-9H2,1H3,(H,18,22). The van der Waals surface area contributed by atoms with Crippen molar-refractivity contribution in [3.05, 3.63) is 35.0 Å². The molecule has 0 unspecified atom stereocenters. The Morgan fingerprint density at radius 3 is 2.86 bits per heavy atom. The van der Waals surface area contributed by atoms with Crippen LogP contribution in [0.1, 0.15) is 23.3 Å². The number of carbonyl (C=O) groups excluding carboxylic acids is 2. The van der Waals surface area contributed by atoms with Crippen molar-refractivity contribution in [2.45, 2.75) is 12.8 Å². The first-order chi connectivity index (χ1) is 10.5. The topological polar surface area (TPSA) is 65.2 Å². The van der Waals surface area contributed by atoms with E-state index in [1.165, 1.54) is 12.8 Å². The van der Waals surface area contributed by atoms with E-state index in [1.54, 1.807) is 30.1 Å². The smallest absolute Gasteiger partial charge is 0.268 e. The Balaban J connectivity index is 1.59. The summed E-state index contributed by atoms with van der Waals surface area (Å²) >= 11 is 5.93. The molecule has 1 aliphatic rings. The van der Waals surface area contributed by atoms with Crippen LogP contribution in [0.25, 0.3) is 10.9 Å². The Kier molecular flexibility index (Phi) is 4.07. The molecular weight excluding hydrogens is 302 g/mol. The Labute approximate surface area is 133 Å². The van der Waals surface area contributed by atoms with E-state index >= 15 is 0 Å². The Morgan fingerprint density at radius 2 is 2.14 bits per heavy atom. The number of aromatic amines is 1. The zero-order valence-corrected chi connectivity index (χ0v) is 13.1. The van der Waals surface area contributed by atoms with E-state index in [0.717, 1.165) is 17.4 Å². The van der Waals surface area contributed by atoms with Crippen LogP contribution in [0.2, 0.25) is 5.02 Å². The minimum Gasteiger partial charge on any atom is -0.351 e. The number of halogens is 1. The Bertz CT molecular complexity index is 721. The van der Waals surface area contributed by atoms with Gasteiger partial charge in [-0.3, -0.25) is 9.59 Å². The second kappa shape index (κ2) is 6.01. The molecule has 22 heavy (non-hydrogen) atoms. The van der Waals surface area contributed by atoms with Crippen LogP contribution < -0.4 is 5.32 Å². The van der Waals surface area contributed by atoms with Gasteiger partial charge in [0.05, 0.1) is 6.54 Å². The number of fused-ring (bicyclic) bond motifs is 1. The minimum atomic E-state index is -0.291. The summed E-state index contributed by atoms with van der Waals surface area (Å²) in [7, 11) is 1.78. The third-order valence-electron chi connectivity index (χ3n) is 3.88. The van der Waals surface area contributed by atoms with E-state index in [0.29, 0.717) is 16.6 Å². The van der Waals surface area contributed by atoms with Gasteiger partial charge in [-0.15, -0.1) is 0 Å². The number of amides is 2. The van der Waals surface area contributed by atoms with Crippen molar-refractivity contribution < 1.29 is 9.59 Å². The normalized spacial score (nSPS) is 14.1. The first kappa shape index (κ1) is 14.9. The summed E-state index contributed by atoms with van der Waals surface area (Å²) in [5, 5.41) is 4.15. The number of carbonyl (C=O) groups is 2. The molecule has 5 nitrogen and oxygen atoms in total. The average molecular weight is 320 g/mol. The van der Waals surface area contributed by atoms with Crippen LogP contribution in [-0.4, -0.2) is 41.8 Å². The second-order valence-corrected chi connectivity index (χ2v) is 6.25. The molecule has 2 N–H and O–H groups in total. The van der Waals surface area contributed by atoms with Gasteiger partial charge in [-0.1, -0.05) is 11.6 Å². The molecule has 0 radical (unpaired) electrons. The molecule has 0 saturated heterocycles. The van der Waals surface area contributed by atoms with E-state index < -0.39 is 0 Å². The van der Waals surface area contributed by atoms with Crippen LogP contribution in [0, 0.1) is 5.92 Å². The zero-order valence-electron chi connectivity index (χ0n) is 12.4. The molecule has 0 spiro atoms. The highest BCUT2D eigenvalue weighted by Crippen LogP contribution is 2.29. The monoisotopic (exact) mass is 319 g/mol. The number of likely N-dealkylation sites (N-methyl/N-ethyl adjacent to an activating group) is 1. The van der Waals surface area contributed by atoms with Gasteiger partial charge in [0.2, 0.25) is 5.91 Å². The van der Waals surface area contributed by atoms with E-state index in [9.17, 15) is 9.59 Å². The maximum absolute atomic E-state index is 12.1. The largest absolute Gasteiger partial charge is 0.351 e. The highest BCUT2D eigenvalue weighted by molar-refractivity contribution is 6.31. The Hall–Kier alpha value is -2.01. The summed E-state index contributed by atoms with van der Waals surface area (Å²) in [5.41, 5.74) is 1.27. The van der Waals surface area contributed by atoms with Gasteiger partial charge in [-0.2, -0.15) is 0 Å². The molecule has 2 aromatic rings. The number of H-pyrrole nitrogens is 1. The number of hydrogen-bond donors (Lipinski definition) is 2. The van der Waals surface area contributed by atoms with Crippen molar-refractivity contribution in [2.75, 3.05) is 20.1 Å². The van der Waals surface area contributed by atoms with Gasteiger partial charge < -0.3 is 15.2 Å². The number of benzene rings is 1. The maximum atomic E-state index is 12.1. The van der Waals surface area contributed by atoms with Crippen molar-refractivity contribution in [2.24, 2.45) is 5.92 Å². The van der Waals surface area contributed by atoms with Gasteiger partial charge >= 0.3 is 0 Å². The molecule has 0 atom stereocenters. The van der Waals surface area contributed by atoms with Gasteiger partial charge in [0.1, 0.15) is 5.69 Å². The highest BCUT2D eigenvalue weighted by Gasteiger charge is 2.24. The summed E-state index contributed by atoms with van der Waals surface area (Å²) in [6, 6.07) is 7.11. The number of aromatic nitrogens is 1. The van der Waals surface area contributed by atoms with Crippen molar-refractivity contribution in [1.29, 1.82) is 0 Å². The van der Waals surface area contributed by atoms with Crippen molar-refractivity contribution in [3.63, 3.8) is 0 Å². The van der Waals surface area contributed by atoms with E-state index in [-0.39, 0.29) is 18.4 Å². The van der Waals surface area contributed by atoms with Gasteiger partial charge in [0.25, 0.3) is 5.91 Å². The number of hydrogen-bond acceptors (Lipinski definition) is 2. The number of nitrogens with zero attached hydrogens (tertiary/aromatic N) is 1. The predicted molar refractivity (Wildman–Crippen MR) is 86.0 cm³/mol. The molecule has 1 saturated carbocycles. The molecule has 2 amide bonds. The molecule has 6 heteroatoms. The zero-order chi connectivity index (χ0) is 15.7. The number of nitrogens with one attached hydrogen (secondary N) is 2. The van der Waals surface area contributed by atoms with Crippen LogP contribution in [0.4, 0.5) is 0 Å². The van der Waals surface area contributed by atoms with E-state index in [2.05, 4.69) is 10.3 Å². The molecule has 1 aromatic heterocycles. The van der Waals surface area contributed by atoms with Gasteiger partial charge in [-0.25, -0.2) is 0 Å². The molecule has 0 bridgehead atoms. The summed E-state index contributed by atoms with van der Waals surface area (Å²) < 4.78 is 0. The molecule has 0 aliphatic heterocycles. The summed E-state index contributed by atoms with van der Waals surface area (Å²) in [4.78, 5) is 28.8. The highest BCUT2D eigenvalue weighted by atomic mass is 35.5.